The molecular weight excluding hydrogens is 450 g/mol. The minimum atomic E-state index is -0.923. The number of carbonyl (C=O) groups is 5. The van der Waals surface area contributed by atoms with Gasteiger partial charge in [0.25, 0.3) is 5.91 Å². The molecule has 5 atom stereocenters. The van der Waals surface area contributed by atoms with Gasteiger partial charge in [0.15, 0.2) is 0 Å². The van der Waals surface area contributed by atoms with E-state index in [2.05, 4.69) is 35.1 Å². The van der Waals surface area contributed by atoms with Crippen LogP contribution < -0.4 is 21.3 Å². The number of nitrogens with one attached hydrogen (secondary N) is 4. The van der Waals surface area contributed by atoms with E-state index in [4.69, 9.17) is 0 Å². The normalized spacial score (nSPS) is 26.5. The molecule has 3 fully saturated rings. The number of nitrogens with zero attached hydrogens (tertiary/aromatic N) is 1. The average molecular weight is 492 g/mol. The van der Waals surface area contributed by atoms with E-state index in [0.29, 0.717) is 18.9 Å². The maximum atomic E-state index is 13.7. The Morgan fingerprint density at radius 2 is 1.63 bits per heavy atom. The van der Waals surface area contributed by atoms with Crippen LogP contribution in [0.3, 0.4) is 0 Å². The molecule has 1 heterocycles. The van der Waals surface area contributed by atoms with Crippen LogP contribution in [0.2, 0.25) is 0 Å². The first-order valence-corrected chi connectivity index (χ1v) is 12.6. The van der Waals surface area contributed by atoms with Gasteiger partial charge in [-0.3, -0.25) is 19.2 Å². The van der Waals surface area contributed by atoms with Gasteiger partial charge in [-0.2, -0.15) is 0 Å². The second kappa shape index (κ2) is 9.78. The minimum Gasteiger partial charge on any atom is -0.353 e. The van der Waals surface area contributed by atoms with Crippen LogP contribution in [0.1, 0.15) is 60.3 Å². The Labute approximate surface area is 207 Å². The molecule has 3 rings (SSSR count). The van der Waals surface area contributed by atoms with Crippen LogP contribution in [0.25, 0.3) is 0 Å². The molecule has 5 amide bonds. The average Bonchev–Trinajstić information content (AvgIpc) is 3.10. The highest BCUT2D eigenvalue weighted by molar-refractivity contribution is 6.38. The molecule has 35 heavy (non-hydrogen) atoms. The number of carbonyl (C=O) groups excluding carboxylic acids is 5. The number of hydrogen-bond donors (Lipinski definition) is 4. The molecule has 2 saturated carbocycles. The SMILES string of the molecule is CNC(=O)N[C@H](C(=O)N1C[C@H]2[C@@H]([C@H]1C(=O)NC(CC1CCC1)C(=O)C(=O)NC)C2(C)C)C(C)(C)C. The zero-order chi connectivity index (χ0) is 26.3. The molecule has 2 aliphatic carbocycles. The molecule has 10 nitrogen and oxygen atoms in total. The summed E-state index contributed by atoms with van der Waals surface area (Å²) in [6.07, 6.45) is 3.43. The van der Waals surface area contributed by atoms with Gasteiger partial charge in [-0.15, -0.1) is 0 Å². The monoisotopic (exact) mass is 491 g/mol. The van der Waals surface area contributed by atoms with E-state index in [1.165, 1.54) is 14.1 Å². The molecule has 3 aliphatic rings. The van der Waals surface area contributed by atoms with E-state index in [0.717, 1.165) is 19.3 Å². The summed E-state index contributed by atoms with van der Waals surface area (Å²) < 4.78 is 0. The summed E-state index contributed by atoms with van der Waals surface area (Å²) in [5.41, 5.74) is -0.701. The fourth-order valence-electron chi connectivity index (χ4n) is 5.66. The van der Waals surface area contributed by atoms with Crippen molar-refractivity contribution in [3.63, 3.8) is 0 Å². The lowest BCUT2D eigenvalue weighted by molar-refractivity contribution is -0.145. The largest absolute Gasteiger partial charge is 0.353 e. The van der Waals surface area contributed by atoms with Crippen LogP contribution in [0.15, 0.2) is 0 Å². The Balaban J connectivity index is 1.84. The summed E-state index contributed by atoms with van der Waals surface area (Å²) in [6, 6.07) is -2.99. The summed E-state index contributed by atoms with van der Waals surface area (Å²) in [7, 11) is 2.87. The minimum absolute atomic E-state index is 0.0495. The lowest BCUT2D eigenvalue weighted by Crippen LogP contribution is -2.61. The third kappa shape index (κ3) is 5.30. The summed E-state index contributed by atoms with van der Waals surface area (Å²) in [5, 5.41) is 10.4. The molecule has 10 heteroatoms. The Bertz CT molecular complexity index is 891. The Hall–Kier alpha value is -2.65. The van der Waals surface area contributed by atoms with Gasteiger partial charge in [0, 0.05) is 20.6 Å². The number of rotatable bonds is 8. The lowest BCUT2D eigenvalue weighted by atomic mass is 9.80. The molecule has 1 aliphatic heterocycles. The third-order valence-corrected chi connectivity index (χ3v) is 8.25. The van der Waals surface area contributed by atoms with Crippen molar-refractivity contribution < 1.29 is 24.0 Å². The topological polar surface area (TPSA) is 137 Å². The number of urea groups is 1. The van der Waals surface area contributed by atoms with Gasteiger partial charge < -0.3 is 26.2 Å². The quantitative estimate of drug-likeness (QED) is 0.372. The van der Waals surface area contributed by atoms with Gasteiger partial charge in [-0.25, -0.2) is 4.79 Å². The van der Waals surface area contributed by atoms with Gasteiger partial charge in [-0.1, -0.05) is 53.9 Å². The number of ketones is 1. The standard InChI is InChI=1S/C25H41N5O5/c1-24(2,3)19(29-23(35)27-7)22(34)30-12-14-16(25(14,4)5)17(30)20(32)28-15(11-13-9-8-10-13)18(31)21(33)26-6/h13-17,19H,8-12H2,1-7H3,(H,26,33)(H,28,32)(H2,27,29,35)/t14-,15?,16-,17-,19+/m0/s1. The molecule has 4 N–H and O–H groups in total. The molecule has 1 unspecified atom stereocenters. The number of likely N-dealkylation sites (N-methyl/N-ethyl adjacent to an activating group) is 1. The Morgan fingerprint density at radius 3 is 2.11 bits per heavy atom. The van der Waals surface area contributed by atoms with Gasteiger partial charge in [-0.05, 0) is 35.0 Å². The van der Waals surface area contributed by atoms with Crippen LogP contribution in [0.5, 0.6) is 0 Å². The fourth-order valence-corrected chi connectivity index (χ4v) is 5.66. The van der Waals surface area contributed by atoms with E-state index < -0.39 is 47.2 Å². The predicted molar refractivity (Wildman–Crippen MR) is 130 cm³/mol. The fraction of sp³-hybridized carbons (Fsp3) is 0.800. The lowest BCUT2D eigenvalue weighted by Gasteiger charge is -2.38. The zero-order valence-electron chi connectivity index (χ0n) is 22.0. The number of Topliss-reactive ketones (excluding diaryl/α,β-unsaturated/α-hetero) is 1. The van der Waals surface area contributed by atoms with Crippen molar-refractivity contribution >= 4 is 29.5 Å². The summed E-state index contributed by atoms with van der Waals surface area (Å²) in [5.74, 6) is -1.73. The molecule has 196 valence electrons. The van der Waals surface area contributed by atoms with Crippen molar-refractivity contribution in [1.82, 2.24) is 26.2 Å². The van der Waals surface area contributed by atoms with Crippen molar-refractivity contribution in [1.29, 1.82) is 0 Å². The summed E-state index contributed by atoms with van der Waals surface area (Å²) in [4.78, 5) is 65.9. The van der Waals surface area contributed by atoms with E-state index in [-0.39, 0.29) is 23.2 Å². The molecule has 0 spiro atoms. The van der Waals surface area contributed by atoms with Crippen molar-refractivity contribution in [2.24, 2.45) is 28.6 Å². The Morgan fingerprint density at radius 1 is 1.00 bits per heavy atom. The second-order valence-corrected chi connectivity index (χ2v) is 11.9. The molecule has 0 aromatic carbocycles. The highest BCUT2D eigenvalue weighted by Gasteiger charge is 2.69. The molecule has 0 radical (unpaired) electrons. The number of amides is 5. The van der Waals surface area contributed by atoms with Crippen molar-refractivity contribution in [3.05, 3.63) is 0 Å². The molecule has 0 aromatic heterocycles. The number of fused-ring (bicyclic) bond motifs is 1. The van der Waals surface area contributed by atoms with E-state index in [1.807, 2.05) is 20.8 Å². The first-order valence-electron chi connectivity index (χ1n) is 12.6. The van der Waals surface area contributed by atoms with Gasteiger partial charge in [0.05, 0.1) is 6.04 Å². The number of piperidine rings is 1. The number of likely N-dealkylation sites (tertiary alicyclic amines) is 1. The first kappa shape index (κ1) is 26.9. The van der Waals surface area contributed by atoms with Gasteiger partial charge in [0.2, 0.25) is 17.6 Å². The number of hydrogen-bond acceptors (Lipinski definition) is 5. The van der Waals surface area contributed by atoms with E-state index in [9.17, 15) is 24.0 Å². The van der Waals surface area contributed by atoms with Crippen LogP contribution >= 0.6 is 0 Å². The second-order valence-electron chi connectivity index (χ2n) is 11.9. The van der Waals surface area contributed by atoms with Gasteiger partial charge >= 0.3 is 6.03 Å². The van der Waals surface area contributed by atoms with Gasteiger partial charge in [0.1, 0.15) is 12.1 Å². The van der Waals surface area contributed by atoms with E-state index in [1.54, 1.807) is 4.90 Å². The maximum Gasteiger partial charge on any atom is 0.315 e. The van der Waals surface area contributed by atoms with Crippen LogP contribution in [-0.4, -0.2) is 73.2 Å². The van der Waals surface area contributed by atoms with Crippen molar-refractivity contribution in [3.8, 4) is 0 Å². The van der Waals surface area contributed by atoms with E-state index >= 15 is 0 Å². The predicted octanol–water partition coefficient (Wildman–Crippen LogP) is 0.803. The highest BCUT2D eigenvalue weighted by Crippen LogP contribution is 2.65. The maximum absolute atomic E-state index is 13.7. The van der Waals surface area contributed by atoms with Crippen molar-refractivity contribution in [2.45, 2.75) is 78.4 Å². The zero-order valence-corrected chi connectivity index (χ0v) is 22.0. The third-order valence-electron chi connectivity index (χ3n) is 8.25. The van der Waals surface area contributed by atoms with Crippen LogP contribution in [0, 0.1) is 28.6 Å². The molecular formula is C25H41N5O5. The smallest absolute Gasteiger partial charge is 0.315 e. The highest BCUT2D eigenvalue weighted by atomic mass is 16.2. The van der Waals surface area contributed by atoms with Crippen LogP contribution in [-0.2, 0) is 19.2 Å². The molecule has 1 saturated heterocycles. The van der Waals surface area contributed by atoms with Crippen LogP contribution in [0.4, 0.5) is 4.79 Å². The molecule has 0 bridgehead atoms. The van der Waals surface area contributed by atoms with Crippen molar-refractivity contribution in [2.75, 3.05) is 20.6 Å². The molecule has 0 aromatic rings. The summed E-state index contributed by atoms with van der Waals surface area (Å²) >= 11 is 0. The first-order chi connectivity index (χ1) is 16.2. The summed E-state index contributed by atoms with van der Waals surface area (Å²) in [6.45, 7) is 10.1. The Kier molecular flexibility index (Phi) is 7.53.